The average molecular weight is 241 g/mol. The van der Waals surface area contributed by atoms with E-state index < -0.39 is 5.60 Å². The first kappa shape index (κ1) is 16.0. The monoisotopic (exact) mass is 241 g/mol. The number of unbranched alkanes of at least 4 members (excludes halogenated alkanes) is 2. The molecule has 2 N–H and O–H groups in total. The second kappa shape index (κ2) is 9.03. The maximum absolute atomic E-state index is 11.4. The van der Waals surface area contributed by atoms with Gasteiger partial charge in [-0.15, -0.1) is 12.3 Å². The van der Waals surface area contributed by atoms with Gasteiger partial charge in [-0.05, 0) is 19.8 Å². The van der Waals surface area contributed by atoms with Crippen molar-refractivity contribution in [3.63, 3.8) is 0 Å². The standard InChI is InChI=1S/C13H23NO3/c1-4-5-6-7-8-12(15)14-11-13(2,16)9-10-17-3/h1,16H,5-11H2,2-3H3,(H,14,15). The second-order valence-electron chi connectivity index (χ2n) is 4.43. The lowest BCUT2D eigenvalue weighted by atomic mass is 10.0. The van der Waals surface area contributed by atoms with Crippen molar-refractivity contribution in [2.45, 2.75) is 44.6 Å². The average Bonchev–Trinajstić information content (AvgIpc) is 2.30. The number of hydrogen-bond donors (Lipinski definition) is 2. The Kier molecular flexibility index (Phi) is 8.47. The van der Waals surface area contributed by atoms with Crippen LogP contribution in [0.1, 0.15) is 39.0 Å². The molecule has 4 heteroatoms. The van der Waals surface area contributed by atoms with Crippen molar-refractivity contribution in [3.05, 3.63) is 0 Å². The van der Waals surface area contributed by atoms with E-state index in [4.69, 9.17) is 11.2 Å². The van der Waals surface area contributed by atoms with Crippen molar-refractivity contribution in [1.82, 2.24) is 5.32 Å². The van der Waals surface area contributed by atoms with Gasteiger partial charge in [-0.2, -0.15) is 0 Å². The van der Waals surface area contributed by atoms with Crippen molar-refractivity contribution in [1.29, 1.82) is 0 Å². The number of carbonyl (C=O) groups excluding carboxylic acids is 1. The van der Waals surface area contributed by atoms with Crippen LogP contribution in [0.2, 0.25) is 0 Å². The van der Waals surface area contributed by atoms with E-state index in [-0.39, 0.29) is 12.5 Å². The van der Waals surface area contributed by atoms with Gasteiger partial charge in [-0.1, -0.05) is 0 Å². The summed E-state index contributed by atoms with van der Waals surface area (Å²) in [7, 11) is 1.58. The molecule has 17 heavy (non-hydrogen) atoms. The highest BCUT2D eigenvalue weighted by molar-refractivity contribution is 5.75. The summed E-state index contributed by atoms with van der Waals surface area (Å²) in [6, 6.07) is 0. The van der Waals surface area contributed by atoms with Crippen molar-refractivity contribution >= 4 is 5.91 Å². The Hall–Kier alpha value is -1.05. The van der Waals surface area contributed by atoms with Crippen LogP contribution in [0.15, 0.2) is 0 Å². The number of aliphatic hydroxyl groups is 1. The van der Waals surface area contributed by atoms with Crippen LogP contribution in [0.5, 0.6) is 0 Å². The summed E-state index contributed by atoms with van der Waals surface area (Å²) in [6.45, 7) is 2.42. The van der Waals surface area contributed by atoms with Crippen LogP contribution < -0.4 is 5.32 Å². The van der Waals surface area contributed by atoms with E-state index >= 15 is 0 Å². The molecule has 1 unspecified atom stereocenters. The van der Waals surface area contributed by atoms with Gasteiger partial charge in [0, 0.05) is 39.5 Å². The summed E-state index contributed by atoms with van der Waals surface area (Å²) >= 11 is 0. The lowest BCUT2D eigenvalue weighted by Crippen LogP contribution is -2.41. The maximum atomic E-state index is 11.4. The Morgan fingerprint density at radius 1 is 1.53 bits per heavy atom. The molecule has 4 nitrogen and oxygen atoms in total. The molecular weight excluding hydrogens is 218 g/mol. The van der Waals surface area contributed by atoms with Gasteiger partial charge < -0.3 is 15.2 Å². The highest BCUT2D eigenvalue weighted by Gasteiger charge is 2.20. The highest BCUT2D eigenvalue weighted by Crippen LogP contribution is 2.07. The molecule has 0 heterocycles. The van der Waals surface area contributed by atoms with Crippen LogP contribution in [0.25, 0.3) is 0 Å². The van der Waals surface area contributed by atoms with Crippen molar-refractivity contribution in [2.24, 2.45) is 0 Å². The molecule has 0 saturated heterocycles. The maximum Gasteiger partial charge on any atom is 0.220 e. The Labute approximate surface area is 104 Å². The van der Waals surface area contributed by atoms with Crippen LogP contribution in [-0.4, -0.2) is 36.9 Å². The van der Waals surface area contributed by atoms with Gasteiger partial charge in [0.05, 0.1) is 5.60 Å². The first-order chi connectivity index (χ1) is 8.02. The first-order valence-electron chi connectivity index (χ1n) is 5.93. The SMILES string of the molecule is C#CCCCCC(=O)NCC(C)(O)CCOC. The number of hydrogen-bond acceptors (Lipinski definition) is 3. The van der Waals surface area contributed by atoms with Gasteiger partial charge in [-0.25, -0.2) is 0 Å². The van der Waals surface area contributed by atoms with E-state index in [1.54, 1.807) is 14.0 Å². The Balaban J connectivity index is 3.64. The zero-order valence-corrected chi connectivity index (χ0v) is 10.8. The van der Waals surface area contributed by atoms with E-state index in [0.717, 1.165) is 12.8 Å². The Morgan fingerprint density at radius 3 is 2.82 bits per heavy atom. The van der Waals surface area contributed by atoms with Gasteiger partial charge in [0.25, 0.3) is 0 Å². The van der Waals surface area contributed by atoms with Crippen LogP contribution in [-0.2, 0) is 9.53 Å². The minimum absolute atomic E-state index is 0.0419. The predicted octanol–water partition coefficient (Wildman–Crippen LogP) is 1.08. The first-order valence-corrected chi connectivity index (χ1v) is 5.93. The summed E-state index contributed by atoms with van der Waals surface area (Å²) in [6.07, 6.45) is 8.43. The van der Waals surface area contributed by atoms with E-state index in [0.29, 0.717) is 25.9 Å². The molecule has 98 valence electrons. The lowest BCUT2D eigenvalue weighted by molar-refractivity contribution is -0.122. The normalized spacial score (nSPS) is 13.8. The lowest BCUT2D eigenvalue weighted by Gasteiger charge is -2.23. The largest absolute Gasteiger partial charge is 0.388 e. The molecule has 0 aliphatic carbocycles. The molecule has 0 spiro atoms. The molecule has 1 amide bonds. The molecule has 0 aromatic rings. The van der Waals surface area contributed by atoms with Crippen molar-refractivity contribution in [2.75, 3.05) is 20.3 Å². The van der Waals surface area contributed by atoms with Crippen molar-refractivity contribution in [3.8, 4) is 12.3 Å². The molecule has 0 fully saturated rings. The molecule has 0 saturated carbocycles. The smallest absolute Gasteiger partial charge is 0.220 e. The zero-order chi connectivity index (χ0) is 13.1. The number of rotatable bonds is 9. The summed E-state index contributed by atoms with van der Waals surface area (Å²) in [4.78, 5) is 11.4. The predicted molar refractivity (Wildman–Crippen MR) is 67.4 cm³/mol. The number of ether oxygens (including phenoxy) is 1. The fraction of sp³-hybridized carbons (Fsp3) is 0.769. The number of methoxy groups -OCH3 is 1. The summed E-state index contributed by atoms with van der Waals surface area (Å²) < 4.78 is 4.88. The van der Waals surface area contributed by atoms with E-state index in [1.165, 1.54) is 0 Å². The molecule has 0 radical (unpaired) electrons. The third-order valence-corrected chi connectivity index (χ3v) is 2.49. The van der Waals surface area contributed by atoms with Crippen LogP contribution in [0, 0.1) is 12.3 Å². The Morgan fingerprint density at radius 2 is 2.24 bits per heavy atom. The molecular formula is C13H23NO3. The number of carbonyl (C=O) groups is 1. The third kappa shape index (κ3) is 9.86. The molecule has 1 atom stereocenters. The minimum Gasteiger partial charge on any atom is -0.388 e. The fourth-order valence-electron chi connectivity index (χ4n) is 1.30. The van der Waals surface area contributed by atoms with Gasteiger partial charge in [0.1, 0.15) is 0 Å². The van der Waals surface area contributed by atoms with Crippen molar-refractivity contribution < 1.29 is 14.6 Å². The van der Waals surface area contributed by atoms with Gasteiger partial charge in [-0.3, -0.25) is 4.79 Å². The summed E-state index contributed by atoms with van der Waals surface area (Å²) in [5.74, 6) is 2.49. The third-order valence-electron chi connectivity index (χ3n) is 2.49. The minimum atomic E-state index is -0.912. The molecule has 0 rings (SSSR count). The number of terminal acetylenes is 1. The number of nitrogens with one attached hydrogen (secondary N) is 1. The molecule has 0 aliphatic heterocycles. The quantitative estimate of drug-likeness (QED) is 0.469. The Bertz CT molecular complexity index is 256. The summed E-state index contributed by atoms with van der Waals surface area (Å²) in [5.41, 5.74) is -0.912. The molecule has 0 aliphatic rings. The fourth-order valence-corrected chi connectivity index (χ4v) is 1.30. The van der Waals surface area contributed by atoms with Gasteiger partial charge >= 0.3 is 0 Å². The van der Waals surface area contributed by atoms with E-state index in [2.05, 4.69) is 11.2 Å². The topological polar surface area (TPSA) is 58.6 Å². The molecule has 0 aromatic carbocycles. The zero-order valence-electron chi connectivity index (χ0n) is 10.8. The van der Waals surface area contributed by atoms with Crippen LogP contribution in [0.4, 0.5) is 0 Å². The molecule has 0 bridgehead atoms. The number of amides is 1. The van der Waals surface area contributed by atoms with E-state index in [1.807, 2.05) is 0 Å². The van der Waals surface area contributed by atoms with Gasteiger partial charge in [0.2, 0.25) is 5.91 Å². The highest BCUT2D eigenvalue weighted by atomic mass is 16.5. The van der Waals surface area contributed by atoms with Gasteiger partial charge in [0.15, 0.2) is 0 Å². The second-order valence-corrected chi connectivity index (χ2v) is 4.43. The van der Waals surface area contributed by atoms with Crippen LogP contribution >= 0.6 is 0 Å². The van der Waals surface area contributed by atoms with Crippen LogP contribution in [0.3, 0.4) is 0 Å². The summed E-state index contributed by atoms with van der Waals surface area (Å²) in [5, 5.41) is 12.6. The van der Waals surface area contributed by atoms with E-state index in [9.17, 15) is 9.90 Å². The molecule has 0 aromatic heterocycles.